The monoisotopic (exact) mass is 225 g/mol. The number of nitrogen functional groups attached to an aromatic ring is 1. The molecule has 1 aromatic heterocycles. The third kappa shape index (κ3) is 3.18. The molecule has 2 rings (SSSR count). The van der Waals surface area contributed by atoms with Crippen LogP contribution >= 0.6 is 11.3 Å². The van der Waals surface area contributed by atoms with E-state index in [9.17, 15) is 0 Å². The summed E-state index contributed by atoms with van der Waals surface area (Å²) in [6.07, 6.45) is 6.00. The van der Waals surface area contributed by atoms with Gasteiger partial charge in [-0.3, -0.25) is 4.90 Å². The van der Waals surface area contributed by atoms with Gasteiger partial charge in [-0.05, 0) is 25.3 Å². The van der Waals surface area contributed by atoms with Crippen LogP contribution in [0.4, 0.5) is 5.13 Å². The quantitative estimate of drug-likeness (QED) is 0.840. The highest BCUT2D eigenvalue weighted by Crippen LogP contribution is 2.21. The van der Waals surface area contributed by atoms with Crippen LogP contribution in [0.3, 0.4) is 0 Å². The Balaban J connectivity index is 1.92. The summed E-state index contributed by atoms with van der Waals surface area (Å²) in [7, 11) is 0. The average molecular weight is 225 g/mol. The van der Waals surface area contributed by atoms with Gasteiger partial charge in [0.05, 0.1) is 0 Å². The minimum Gasteiger partial charge on any atom is -0.375 e. The van der Waals surface area contributed by atoms with E-state index in [1.54, 1.807) is 11.3 Å². The molecule has 0 saturated carbocycles. The van der Waals surface area contributed by atoms with Gasteiger partial charge in [0.1, 0.15) is 0 Å². The molecule has 4 heteroatoms. The number of hydrogen-bond acceptors (Lipinski definition) is 4. The number of likely N-dealkylation sites (tertiary alicyclic amines) is 1. The summed E-state index contributed by atoms with van der Waals surface area (Å²) in [4.78, 5) is 7.92. The van der Waals surface area contributed by atoms with Crippen LogP contribution in [0.5, 0.6) is 0 Å². The highest BCUT2D eigenvalue weighted by Gasteiger charge is 2.15. The van der Waals surface area contributed by atoms with E-state index in [1.165, 1.54) is 37.2 Å². The van der Waals surface area contributed by atoms with Crippen molar-refractivity contribution >= 4 is 16.5 Å². The first-order valence-electron chi connectivity index (χ1n) is 5.66. The van der Waals surface area contributed by atoms with Gasteiger partial charge in [-0.25, -0.2) is 4.98 Å². The van der Waals surface area contributed by atoms with Crippen LogP contribution in [0.25, 0.3) is 0 Å². The number of rotatable bonds is 2. The molecule has 1 aliphatic rings. The lowest BCUT2D eigenvalue weighted by molar-refractivity contribution is 0.250. The maximum Gasteiger partial charge on any atom is 0.180 e. The summed E-state index contributed by atoms with van der Waals surface area (Å²) >= 11 is 1.61. The van der Waals surface area contributed by atoms with Gasteiger partial charge >= 0.3 is 0 Å². The number of nitrogens with two attached hydrogens (primary N) is 1. The lowest BCUT2D eigenvalue weighted by atomic mass is 10.1. The van der Waals surface area contributed by atoms with Gasteiger partial charge in [0, 0.05) is 24.2 Å². The maximum atomic E-state index is 5.63. The van der Waals surface area contributed by atoms with Gasteiger partial charge in [0.2, 0.25) is 0 Å². The van der Waals surface area contributed by atoms with Crippen LogP contribution in [0, 0.1) is 5.92 Å². The average Bonchev–Trinajstić information content (AvgIpc) is 2.46. The fraction of sp³-hybridized carbons (Fsp3) is 0.727. The largest absolute Gasteiger partial charge is 0.375 e. The third-order valence-corrected chi connectivity index (χ3v) is 3.75. The minimum absolute atomic E-state index is 0.688. The van der Waals surface area contributed by atoms with Gasteiger partial charge in [-0.2, -0.15) is 0 Å². The van der Waals surface area contributed by atoms with Crippen molar-refractivity contribution in [3.63, 3.8) is 0 Å². The van der Waals surface area contributed by atoms with Crippen LogP contribution in [0.2, 0.25) is 0 Å². The molecule has 3 nitrogen and oxygen atoms in total. The SMILES string of the molecule is CC1CCCCN(Cc2cnc(N)s2)C1. The lowest BCUT2D eigenvalue weighted by Gasteiger charge is -2.21. The number of anilines is 1. The van der Waals surface area contributed by atoms with Crippen molar-refractivity contribution in [3.8, 4) is 0 Å². The summed E-state index contributed by atoms with van der Waals surface area (Å²) < 4.78 is 0. The summed E-state index contributed by atoms with van der Waals surface area (Å²) in [5.74, 6) is 0.831. The van der Waals surface area contributed by atoms with Crippen LogP contribution in [-0.4, -0.2) is 23.0 Å². The summed E-state index contributed by atoms with van der Waals surface area (Å²) in [5.41, 5.74) is 5.63. The predicted molar refractivity (Wildman–Crippen MR) is 64.8 cm³/mol. The van der Waals surface area contributed by atoms with Gasteiger partial charge in [-0.15, -0.1) is 11.3 Å². The Morgan fingerprint density at radius 2 is 2.47 bits per heavy atom. The molecule has 1 unspecified atom stereocenters. The first-order chi connectivity index (χ1) is 7.24. The molecule has 15 heavy (non-hydrogen) atoms. The molecule has 1 aliphatic heterocycles. The molecule has 1 atom stereocenters. The predicted octanol–water partition coefficient (Wildman–Crippen LogP) is 2.35. The van der Waals surface area contributed by atoms with Crippen LogP contribution in [0.1, 0.15) is 31.1 Å². The van der Waals surface area contributed by atoms with Crippen molar-refractivity contribution in [2.24, 2.45) is 5.92 Å². The molecule has 84 valence electrons. The Morgan fingerprint density at radius 3 is 3.20 bits per heavy atom. The van der Waals surface area contributed by atoms with Crippen LogP contribution < -0.4 is 5.73 Å². The highest BCUT2D eigenvalue weighted by atomic mass is 32.1. The van der Waals surface area contributed by atoms with E-state index < -0.39 is 0 Å². The number of nitrogens with zero attached hydrogens (tertiary/aromatic N) is 2. The first kappa shape index (κ1) is 10.9. The van der Waals surface area contributed by atoms with E-state index in [-0.39, 0.29) is 0 Å². The Hall–Kier alpha value is -0.610. The van der Waals surface area contributed by atoms with Crippen molar-refractivity contribution in [1.29, 1.82) is 0 Å². The summed E-state index contributed by atoms with van der Waals surface area (Å²) in [6.45, 7) is 5.82. The van der Waals surface area contributed by atoms with E-state index in [4.69, 9.17) is 5.73 Å². The summed E-state index contributed by atoms with van der Waals surface area (Å²) in [5, 5.41) is 0.688. The first-order valence-corrected chi connectivity index (χ1v) is 6.48. The van der Waals surface area contributed by atoms with Gasteiger partial charge in [0.15, 0.2) is 5.13 Å². The highest BCUT2D eigenvalue weighted by molar-refractivity contribution is 7.15. The lowest BCUT2D eigenvalue weighted by Crippen LogP contribution is -2.26. The Labute approximate surface area is 95.3 Å². The molecule has 1 aromatic rings. The fourth-order valence-corrected chi connectivity index (χ4v) is 2.94. The minimum atomic E-state index is 0.688. The van der Waals surface area contributed by atoms with E-state index in [0.29, 0.717) is 5.13 Å². The van der Waals surface area contributed by atoms with Gasteiger partial charge < -0.3 is 5.73 Å². The van der Waals surface area contributed by atoms with Crippen LogP contribution in [-0.2, 0) is 6.54 Å². The Morgan fingerprint density at radius 1 is 1.60 bits per heavy atom. The van der Waals surface area contributed by atoms with Crippen LogP contribution in [0.15, 0.2) is 6.20 Å². The molecule has 1 saturated heterocycles. The second-order valence-corrected chi connectivity index (χ2v) is 5.65. The van der Waals surface area contributed by atoms with Crippen molar-refractivity contribution in [1.82, 2.24) is 9.88 Å². The van der Waals surface area contributed by atoms with E-state index in [1.807, 2.05) is 6.20 Å². The maximum absolute atomic E-state index is 5.63. The third-order valence-electron chi connectivity index (χ3n) is 2.94. The second-order valence-electron chi connectivity index (χ2n) is 4.50. The zero-order chi connectivity index (χ0) is 10.7. The topological polar surface area (TPSA) is 42.2 Å². The zero-order valence-corrected chi connectivity index (χ0v) is 10.1. The second kappa shape index (κ2) is 4.94. The molecule has 0 aliphatic carbocycles. The molecule has 2 heterocycles. The molecule has 2 N–H and O–H groups in total. The smallest absolute Gasteiger partial charge is 0.180 e. The van der Waals surface area contributed by atoms with E-state index in [0.717, 1.165) is 12.5 Å². The molecule has 0 radical (unpaired) electrons. The number of aromatic nitrogens is 1. The molecule has 0 aromatic carbocycles. The fourth-order valence-electron chi connectivity index (χ4n) is 2.21. The molecular weight excluding hydrogens is 206 g/mol. The Kier molecular flexibility index (Phi) is 3.59. The normalized spacial score (nSPS) is 23.9. The van der Waals surface area contributed by atoms with Gasteiger partial charge in [-0.1, -0.05) is 13.3 Å². The van der Waals surface area contributed by atoms with E-state index in [2.05, 4.69) is 16.8 Å². The molecule has 0 amide bonds. The zero-order valence-electron chi connectivity index (χ0n) is 9.28. The molecule has 1 fully saturated rings. The summed E-state index contributed by atoms with van der Waals surface area (Å²) in [6, 6.07) is 0. The number of hydrogen-bond donors (Lipinski definition) is 1. The van der Waals surface area contributed by atoms with Crippen molar-refractivity contribution in [2.45, 2.75) is 32.7 Å². The Bertz CT molecular complexity index is 311. The molecular formula is C11H19N3S. The number of thiazole rings is 1. The van der Waals surface area contributed by atoms with Crippen molar-refractivity contribution in [3.05, 3.63) is 11.1 Å². The van der Waals surface area contributed by atoms with Gasteiger partial charge in [0.25, 0.3) is 0 Å². The standard InChI is InChI=1S/C11H19N3S/c1-9-4-2-3-5-14(7-9)8-10-6-13-11(12)15-10/h6,9H,2-5,7-8H2,1H3,(H2,12,13). The molecule has 0 bridgehead atoms. The van der Waals surface area contributed by atoms with Crippen molar-refractivity contribution in [2.75, 3.05) is 18.8 Å². The molecule has 0 spiro atoms. The van der Waals surface area contributed by atoms with Crippen molar-refractivity contribution < 1.29 is 0 Å². The van der Waals surface area contributed by atoms with E-state index >= 15 is 0 Å².